The SMILES string of the molecule is COC(=O)c1c(C=C2C(=O)C=Cc3ccccc32)c(O)n(-c2cccc(C)c2)c1C. The van der Waals surface area contributed by atoms with Crippen LogP contribution in [0, 0.1) is 13.8 Å². The van der Waals surface area contributed by atoms with E-state index in [4.69, 9.17) is 4.74 Å². The zero-order valence-electron chi connectivity index (χ0n) is 17.0. The maximum Gasteiger partial charge on any atom is 0.340 e. The Hall–Kier alpha value is -3.86. The second-order valence-electron chi connectivity index (χ2n) is 7.21. The number of carbonyl (C=O) groups excluding carboxylic acids is 2. The number of hydrogen-bond donors (Lipinski definition) is 1. The minimum atomic E-state index is -0.576. The van der Waals surface area contributed by atoms with Crippen LogP contribution in [0.2, 0.25) is 0 Å². The summed E-state index contributed by atoms with van der Waals surface area (Å²) in [6.45, 7) is 3.69. The number of allylic oxidation sites excluding steroid dienone is 2. The Balaban J connectivity index is 2.00. The van der Waals surface area contributed by atoms with Crippen molar-refractivity contribution in [3.63, 3.8) is 0 Å². The molecule has 150 valence electrons. The fourth-order valence-electron chi connectivity index (χ4n) is 3.85. The Morgan fingerprint density at radius 3 is 2.57 bits per heavy atom. The number of hydrogen-bond acceptors (Lipinski definition) is 4. The Morgan fingerprint density at radius 2 is 1.83 bits per heavy atom. The molecule has 1 N–H and O–H groups in total. The van der Waals surface area contributed by atoms with Gasteiger partial charge in [-0.15, -0.1) is 0 Å². The van der Waals surface area contributed by atoms with Gasteiger partial charge < -0.3 is 9.84 Å². The molecule has 0 unspecified atom stereocenters. The summed E-state index contributed by atoms with van der Waals surface area (Å²) < 4.78 is 6.58. The Morgan fingerprint density at radius 1 is 1.07 bits per heavy atom. The molecule has 0 spiro atoms. The van der Waals surface area contributed by atoms with Crippen LogP contribution in [0.4, 0.5) is 0 Å². The molecule has 1 aliphatic rings. The monoisotopic (exact) mass is 399 g/mol. The lowest BCUT2D eigenvalue weighted by atomic mass is 9.90. The number of aromatic nitrogens is 1. The molecule has 0 atom stereocenters. The van der Waals surface area contributed by atoms with E-state index in [0.29, 0.717) is 11.3 Å². The number of methoxy groups -OCH3 is 1. The van der Waals surface area contributed by atoms with Crippen molar-refractivity contribution < 1.29 is 19.4 Å². The standard InChI is InChI=1S/C25H21NO4/c1-15-7-6-9-18(13-15)26-16(2)23(25(29)30-3)21(24(26)28)14-20-19-10-5-4-8-17(19)11-12-22(20)27/h4-14,28H,1-3H3. The van der Waals surface area contributed by atoms with Gasteiger partial charge in [0.2, 0.25) is 5.88 Å². The van der Waals surface area contributed by atoms with E-state index in [0.717, 1.165) is 22.4 Å². The van der Waals surface area contributed by atoms with Crippen LogP contribution in [0.5, 0.6) is 5.88 Å². The molecule has 0 aliphatic heterocycles. The molecule has 2 aromatic carbocycles. The summed E-state index contributed by atoms with van der Waals surface area (Å²) in [5.74, 6) is -0.885. The van der Waals surface area contributed by atoms with E-state index in [1.807, 2.05) is 55.5 Å². The Labute approximate surface area is 174 Å². The molecule has 0 saturated carbocycles. The van der Waals surface area contributed by atoms with E-state index in [-0.39, 0.29) is 22.8 Å². The number of carbonyl (C=O) groups is 2. The summed E-state index contributed by atoms with van der Waals surface area (Å²) in [4.78, 5) is 25.3. The van der Waals surface area contributed by atoms with Crippen molar-refractivity contribution in [1.82, 2.24) is 4.57 Å². The van der Waals surface area contributed by atoms with Gasteiger partial charge in [0.05, 0.1) is 18.2 Å². The topological polar surface area (TPSA) is 68.5 Å². The zero-order valence-corrected chi connectivity index (χ0v) is 17.0. The minimum absolute atomic E-state index is 0.120. The molecule has 30 heavy (non-hydrogen) atoms. The van der Waals surface area contributed by atoms with E-state index < -0.39 is 5.97 Å². The first-order valence-corrected chi connectivity index (χ1v) is 9.55. The van der Waals surface area contributed by atoms with E-state index in [9.17, 15) is 14.7 Å². The van der Waals surface area contributed by atoms with Crippen molar-refractivity contribution >= 4 is 29.5 Å². The van der Waals surface area contributed by atoms with E-state index in [1.165, 1.54) is 13.2 Å². The van der Waals surface area contributed by atoms with E-state index >= 15 is 0 Å². The lowest BCUT2D eigenvalue weighted by Gasteiger charge is -2.13. The molecule has 1 aromatic heterocycles. The second-order valence-corrected chi connectivity index (χ2v) is 7.21. The summed E-state index contributed by atoms with van der Waals surface area (Å²) in [5, 5.41) is 11.1. The van der Waals surface area contributed by atoms with Gasteiger partial charge in [0.15, 0.2) is 5.78 Å². The average molecular weight is 399 g/mol. The third-order valence-corrected chi connectivity index (χ3v) is 5.29. The Kier molecular flexibility index (Phi) is 4.88. The quantitative estimate of drug-likeness (QED) is 0.511. The van der Waals surface area contributed by atoms with E-state index in [2.05, 4.69) is 0 Å². The van der Waals surface area contributed by atoms with Crippen molar-refractivity contribution in [2.45, 2.75) is 13.8 Å². The van der Waals surface area contributed by atoms with Crippen LogP contribution in [0.15, 0.2) is 54.6 Å². The number of rotatable bonds is 3. The number of nitrogens with zero attached hydrogens (tertiary/aromatic N) is 1. The molecule has 4 rings (SSSR count). The maximum absolute atomic E-state index is 12.7. The smallest absolute Gasteiger partial charge is 0.340 e. The first kappa shape index (κ1) is 19.5. The van der Waals surface area contributed by atoms with Gasteiger partial charge in [-0.2, -0.15) is 0 Å². The summed E-state index contributed by atoms with van der Waals surface area (Å²) in [7, 11) is 1.30. The molecule has 0 saturated heterocycles. The van der Waals surface area contributed by atoms with Crippen LogP contribution in [0.3, 0.4) is 0 Å². The third kappa shape index (κ3) is 3.14. The van der Waals surface area contributed by atoms with Crippen molar-refractivity contribution in [2.24, 2.45) is 0 Å². The number of aromatic hydroxyl groups is 1. The molecule has 1 aliphatic carbocycles. The summed E-state index contributed by atoms with van der Waals surface area (Å²) in [6, 6.07) is 15.1. The van der Waals surface area contributed by atoms with Gasteiger partial charge in [-0.25, -0.2) is 4.79 Å². The average Bonchev–Trinajstić information content (AvgIpc) is 2.99. The van der Waals surface area contributed by atoms with Gasteiger partial charge in [-0.1, -0.05) is 42.5 Å². The van der Waals surface area contributed by atoms with Gasteiger partial charge in [0, 0.05) is 17.0 Å². The molecule has 5 heteroatoms. The molecular weight excluding hydrogens is 378 g/mol. The lowest BCUT2D eigenvalue weighted by molar-refractivity contribution is -0.109. The highest BCUT2D eigenvalue weighted by Gasteiger charge is 2.27. The van der Waals surface area contributed by atoms with Crippen LogP contribution in [-0.4, -0.2) is 28.5 Å². The molecule has 5 nitrogen and oxygen atoms in total. The number of ketones is 1. The van der Waals surface area contributed by atoms with Gasteiger partial charge in [0.1, 0.15) is 0 Å². The fraction of sp³-hybridized carbons (Fsp3) is 0.120. The van der Waals surface area contributed by atoms with Crippen LogP contribution >= 0.6 is 0 Å². The molecule has 0 amide bonds. The predicted molar refractivity (Wildman–Crippen MR) is 117 cm³/mol. The summed E-state index contributed by atoms with van der Waals surface area (Å²) in [5.41, 5.74) is 4.81. The summed E-state index contributed by atoms with van der Waals surface area (Å²) >= 11 is 0. The van der Waals surface area contributed by atoms with Crippen LogP contribution < -0.4 is 0 Å². The van der Waals surface area contributed by atoms with E-state index in [1.54, 1.807) is 23.6 Å². The fourth-order valence-corrected chi connectivity index (χ4v) is 3.85. The lowest BCUT2D eigenvalue weighted by Crippen LogP contribution is -2.07. The van der Waals surface area contributed by atoms with Gasteiger partial charge in [0.25, 0.3) is 0 Å². The number of benzene rings is 2. The zero-order chi connectivity index (χ0) is 21.4. The number of ether oxygens (including phenoxy) is 1. The molecule has 3 aromatic rings. The maximum atomic E-state index is 12.7. The third-order valence-electron chi connectivity index (χ3n) is 5.29. The highest BCUT2D eigenvalue weighted by Crippen LogP contribution is 2.37. The Bertz CT molecular complexity index is 1240. The number of aryl methyl sites for hydroxylation is 1. The first-order chi connectivity index (χ1) is 14.4. The number of fused-ring (bicyclic) bond motifs is 1. The van der Waals surface area contributed by atoms with Gasteiger partial charge >= 0.3 is 5.97 Å². The highest BCUT2D eigenvalue weighted by atomic mass is 16.5. The van der Waals surface area contributed by atoms with Crippen molar-refractivity contribution in [3.05, 3.63) is 88.1 Å². The molecule has 0 fully saturated rings. The largest absolute Gasteiger partial charge is 0.494 e. The molecular formula is C25H21NO4. The number of esters is 1. The van der Waals surface area contributed by atoms with Crippen molar-refractivity contribution in [2.75, 3.05) is 7.11 Å². The summed E-state index contributed by atoms with van der Waals surface area (Å²) in [6.07, 6.45) is 4.83. The van der Waals surface area contributed by atoms with Crippen LogP contribution in [0.1, 0.15) is 38.3 Å². The van der Waals surface area contributed by atoms with Crippen LogP contribution in [-0.2, 0) is 9.53 Å². The van der Waals surface area contributed by atoms with Gasteiger partial charge in [-0.05, 0) is 54.8 Å². The van der Waals surface area contributed by atoms with Crippen molar-refractivity contribution in [3.8, 4) is 11.6 Å². The van der Waals surface area contributed by atoms with Crippen LogP contribution in [0.25, 0.3) is 23.4 Å². The molecule has 0 bridgehead atoms. The molecule has 0 radical (unpaired) electrons. The predicted octanol–water partition coefficient (Wildman–Crippen LogP) is 4.72. The minimum Gasteiger partial charge on any atom is -0.494 e. The van der Waals surface area contributed by atoms with Gasteiger partial charge in [-0.3, -0.25) is 9.36 Å². The second kappa shape index (κ2) is 7.52. The highest BCUT2D eigenvalue weighted by molar-refractivity contribution is 6.33. The normalized spacial score (nSPS) is 14.1. The molecule has 1 heterocycles. The van der Waals surface area contributed by atoms with Crippen molar-refractivity contribution in [1.29, 1.82) is 0 Å². The first-order valence-electron chi connectivity index (χ1n) is 9.55.